The Balaban J connectivity index is 1.81. The van der Waals surface area contributed by atoms with E-state index in [1.165, 1.54) is 0 Å². The van der Waals surface area contributed by atoms with Crippen LogP contribution in [0.25, 0.3) is 0 Å². The number of halogens is 3. The molecule has 2 aromatic rings. The van der Waals surface area contributed by atoms with E-state index in [2.05, 4.69) is 20.6 Å². The van der Waals surface area contributed by atoms with Crippen molar-refractivity contribution in [2.45, 2.75) is 30.8 Å². The first-order valence-corrected chi connectivity index (χ1v) is 11.6. The Labute approximate surface area is 172 Å². The Morgan fingerprint density at radius 3 is 2.55 bits per heavy atom. The van der Waals surface area contributed by atoms with Gasteiger partial charge in [-0.25, -0.2) is 13.4 Å². The Morgan fingerprint density at radius 1 is 1.21 bits per heavy atom. The molecule has 1 aromatic carbocycles. The molecule has 2 rings (SSSR count). The van der Waals surface area contributed by atoms with E-state index < -0.39 is 21.7 Å². The van der Waals surface area contributed by atoms with Gasteiger partial charge in [0.05, 0.1) is 15.7 Å². The number of sulfone groups is 1. The lowest BCUT2D eigenvalue weighted by Gasteiger charge is -2.10. The second-order valence-electron chi connectivity index (χ2n) is 6.05. The lowest BCUT2D eigenvalue weighted by molar-refractivity contribution is -0.140. The summed E-state index contributed by atoms with van der Waals surface area (Å²) in [5.74, 6) is 0.469. The molecule has 1 aromatic heterocycles. The van der Waals surface area contributed by atoms with Crippen molar-refractivity contribution >= 4 is 27.1 Å². The minimum Gasteiger partial charge on any atom is -0.357 e. The lowest BCUT2D eigenvalue weighted by Crippen LogP contribution is -2.38. The maximum Gasteiger partial charge on any atom is 0.434 e. The minimum atomic E-state index is -4.43. The SMILES string of the molecule is CCNC(=NCCCS(=O)(=O)c1ccccc1)NCCc1nc(C(F)(F)F)cs1. The average molecular weight is 449 g/mol. The third-order valence-electron chi connectivity index (χ3n) is 3.76. The van der Waals surface area contributed by atoms with Crippen LogP contribution in [0.15, 0.2) is 45.6 Å². The van der Waals surface area contributed by atoms with Gasteiger partial charge in [-0.05, 0) is 25.5 Å². The van der Waals surface area contributed by atoms with Crippen LogP contribution in [0.3, 0.4) is 0 Å². The average Bonchev–Trinajstić information content (AvgIpc) is 3.15. The number of hydrogen-bond donors (Lipinski definition) is 2. The van der Waals surface area contributed by atoms with Crippen LogP contribution in [-0.4, -0.2) is 44.7 Å². The first kappa shape index (κ1) is 23.1. The van der Waals surface area contributed by atoms with E-state index in [4.69, 9.17) is 0 Å². The van der Waals surface area contributed by atoms with Gasteiger partial charge in [0.1, 0.15) is 0 Å². The van der Waals surface area contributed by atoms with E-state index in [0.717, 1.165) is 16.7 Å². The highest BCUT2D eigenvalue weighted by atomic mass is 32.2. The first-order chi connectivity index (χ1) is 13.7. The lowest BCUT2D eigenvalue weighted by atomic mass is 10.4. The summed E-state index contributed by atoms with van der Waals surface area (Å²) in [5, 5.41) is 7.43. The van der Waals surface area contributed by atoms with Crippen molar-refractivity contribution in [2.24, 2.45) is 4.99 Å². The maximum atomic E-state index is 12.6. The van der Waals surface area contributed by atoms with Crippen LogP contribution >= 0.6 is 11.3 Å². The van der Waals surface area contributed by atoms with Gasteiger partial charge >= 0.3 is 6.18 Å². The molecule has 0 radical (unpaired) electrons. The van der Waals surface area contributed by atoms with Crippen LogP contribution in [0, 0.1) is 0 Å². The van der Waals surface area contributed by atoms with E-state index in [0.29, 0.717) is 43.4 Å². The highest BCUT2D eigenvalue weighted by Crippen LogP contribution is 2.29. The Kier molecular flexibility index (Phi) is 8.45. The molecule has 0 aliphatic rings. The number of alkyl halides is 3. The number of guanidine groups is 1. The number of aromatic nitrogens is 1. The number of hydrogen-bond acceptors (Lipinski definition) is 5. The summed E-state index contributed by atoms with van der Waals surface area (Å²) in [6, 6.07) is 8.24. The summed E-state index contributed by atoms with van der Waals surface area (Å²) >= 11 is 0.965. The van der Waals surface area contributed by atoms with Crippen molar-refractivity contribution in [3.63, 3.8) is 0 Å². The van der Waals surface area contributed by atoms with Gasteiger partial charge in [-0.2, -0.15) is 13.2 Å². The molecule has 0 spiro atoms. The second kappa shape index (κ2) is 10.6. The quantitative estimate of drug-likeness (QED) is 0.350. The molecule has 6 nitrogen and oxygen atoms in total. The van der Waals surface area contributed by atoms with Crippen molar-refractivity contribution in [2.75, 3.05) is 25.4 Å². The van der Waals surface area contributed by atoms with Crippen molar-refractivity contribution in [1.29, 1.82) is 0 Å². The molecule has 0 saturated carbocycles. The van der Waals surface area contributed by atoms with Gasteiger partial charge in [-0.3, -0.25) is 4.99 Å². The molecule has 29 heavy (non-hydrogen) atoms. The predicted molar refractivity (Wildman–Crippen MR) is 108 cm³/mol. The molecule has 0 aliphatic heterocycles. The van der Waals surface area contributed by atoms with Crippen LogP contribution in [0.4, 0.5) is 13.2 Å². The van der Waals surface area contributed by atoms with Gasteiger partial charge in [0.25, 0.3) is 0 Å². The van der Waals surface area contributed by atoms with Crippen molar-refractivity contribution < 1.29 is 21.6 Å². The maximum absolute atomic E-state index is 12.6. The standard InChI is InChI=1S/C18H23F3N4O2S2/c1-2-22-17(24-11-9-16-25-15(13-28-16)18(19,20)21)23-10-6-12-29(26,27)14-7-4-3-5-8-14/h3-5,7-8,13H,2,6,9-12H2,1H3,(H2,22,23,24). The van der Waals surface area contributed by atoms with E-state index in [-0.39, 0.29) is 10.6 Å². The summed E-state index contributed by atoms with van der Waals surface area (Å²) in [6.07, 6.45) is -3.75. The van der Waals surface area contributed by atoms with E-state index in [1.54, 1.807) is 30.3 Å². The summed E-state index contributed by atoms with van der Waals surface area (Å²) in [7, 11) is -3.34. The summed E-state index contributed by atoms with van der Waals surface area (Å²) < 4.78 is 62.2. The zero-order valence-corrected chi connectivity index (χ0v) is 17.5. The highest BCUT2D eigenvalue weighted by molar-refractivity contribution is 7.91. The molecule has 1 heterocycles. The Hall–Kier alpha value is -2.14. The topological polar surface area (TPSA) is 83.5 Å². The third kappa shape index (κ3) is 7.65. The molecular formula is C18H23F3N4O2S2. The Morgan fingerprint density at radius 2 is 1.93 bits per heavy atom. The first-order valence-electron chi connectivity index (χ1n) is 9.04. The molecule has 0 unspecified atom stereocenters. The number of thiazole rings is 1. The van der Waals surface area contributed by atoms with Gasteiger partial charge in [0.15, 0.2) is 21.5 Å². The summed E-state index contributed by atoms with van der Waals surface area (Å²) in [4.78, 5) is 8.19. The van der Waals surface area contributed by atoms with E-state index >= 15 is 0 Å². The molecule has 11 heteroatoms. The number of benzene rings is 1. The number of rotatable bonds is 9. The van der Waals surface area contributed by atoms with Crippen molar-refractivity contribution in [1.82, 2.24) is 15.6 Å². The largest absolute Gasteiger partial charge is 0.434 e. The molecule has 160 valence electrons. The predicted octanol–water partition coefficient (Wildman–Crippen LogP) is 3.12. The van der Waals surface area contributed by atoms with Gasteiger partial charge < -0.3 is 10.6 Å². The van der Waals surface area contributed by atoms with Gasteiger partial charge in [0.2, 0.25) is 0 Å². The highest BCUT2D eigenvalue weighted by Gasteiger charge is 2.33. The fraction of sp³-hybridized carbons (Fsp3) is 0.444. The second-order valence-corrected chi connectivity index (χ2v) is 9.10. The normalized spacial score (nSPS) is 12.8. The molecule has 0 atom stereocenters. The molecule has 0 fully saturated rings. The molecular weight excluding hydrogens is 425 g/mol. The number of nitrogens with one attached hydrogen (secondary N) is 2. The number of nitrogens with zero attached hydrogens (tertiary/aromatic N) is 2. The smallest absolute Gasteiger partial charge is 0.357 e. The molecule has 0 saturated heterocycles. The fourth-order valence-electron chi connectivity index (χ4n) is 2.38. The van der Waals surface area contributed by atoms with Crippen LogP contribution < -0.4 is 10.6 Å². The van der Waals surface area contributed by atoms with Crippen molar-refractivity contribution in [3.8, 4) is 0 Å². The monoisotopic (exact) mass is 448 g/mol. The minimum absolute atomic E-state index is 0.0146. The summed E-state index contributed by atoms with van der Waals surface area (Å²) in [6.45, 7) is 3.15. The molecule has 0 amide bonds. The Bertz CT molecular complexity index is 897. The summed E-state index contributed by atoms with van der Waals surface area (Å²) in [5.41, 5.74) is -0.877. The van der Waals surface area contributed by atoms with Crippen LogP contribution in [-0.2, 0) is 22.4 Å². The zero-order chi connectivity index (χ0) is 21.3. The van der Waals surface area contributed by atoms with E-state index in [1.807, 2.05) is 6.92 Å². The van der Waals surface area contributed by atoms with Crippen LogP contribution in [0.1, 0.15) is 24.0 Å². The molecule has 0 aliphatic carbocycles. The zero-order valence-electron chi connectivity index (χ0n) is 15.9. The van der Waals surface area contributed by atoms with Crippen LogP contribution in [0.5, 0.6) is 0 Å². The molecule has 0 bridgehead atoms. The van der Waals surface area contributed by atoms with Gasteiger partial charge in [0, 0.05) is 31.4 Å². The number of aliphatic imine (C=N–C) groups is 1. The van der Waals surface area contributed by atoms with E-state index in [9.17, 15) is 21.6 Å². The fourth-order valence-corrected chi connectivity index (χ4v) is 4.50. The van der Waals surface area contributed by atoms with Crippen LogP contribution in [0.2, 0.25) is 0 Å². The van der Waals surface area contributed by atoms with Crippen molar-refractivity contribution in [3.05, 3.63) is 46.4 Å². The van der Waals surface area contributed by atoms with Gasteiger partial charge in [-0.15, -0.1) is 11.3 Å². The molecule has 2 N–H and O–H groups in total. The van der Waals surface area contributed by atoms with Gasteiger partial charge in [-0.1, -0.05) is 18.2 Å². The third-order valence-corrected chi connectivity index (χ3v) is 6.49.